The zero-order valence-corrected chi connectivity index (χ0v) is 17.6. The molecule has 27 heavy (non-hydrogen) atoms. The van der Waals surface area contributed by atoms with E-state index in [1.54, 1.807) is 0 Å². The number of carbonyl (C=O) groups is 1. The quantitative estimate of drug-likeness (QED) is 0.645. The molecule has 7 nitrogen and oxygen atoms in total. The van der Waals surface area contributed by atoms with Crippen LogP contribution in [0.15, 0.2) is 23.1 Å². The number of amides is 1. The van der Waals surface area contributed by atoms with E-state index in [0.717, 1.165) is 0 Å². The van der Waals surface area contributed by atoms with E-state index in [4.69, 9.17) is 33.7 Å². The number of morpholine rings is 1. The van der Waals surface area contributed by atoms with Gasteiger partial charge in [0.1, 0.15) is 4.90 Å². The molecule has 2 rings (SSSR count). The van der Waals surface area contributed by atoms with Gasteiger partial charge >= 0.3 is 0 Å². The molecule has 1 aromatic rings. The van der Waals surface area contributed by atoms with Gasteiger partial charge in [-0.1, -0.05) is 37.0 Å². The first kappa shape index (κ1) is 22.4. The molecule has 1 aromatic carbocycles. The third-order valence-corrected chi connectivity index (χ3v) is 6.84. The smallest absolute Gasteiger partial charge is 0.244 e. The Kier molecular flexibility index (Phi) is 7.91. The molecule has 1 aliphatic rings. The van der Waals surface area contributed by atoms with E-state index in [-0.39, 0.29) is 29.6 Å². The van der Waals surface area contributed by atoms with Crippen molar-refractivity contribution in [2.75, 3.05) is 26.2 Å². The van der Waals surface area contributed by atoms with Crippen molar-refractivity contribution in [1.82, 2.24) is 9.62 Å². The fourth-order valence-corrected chi connectivity index (χ4v) is 5.10. The summed E-state index contributed by atoms with van der Waals surface area (Å²) in [6.07, 6.45) is 0.207. The highest BCUT2D eigenvalue weighted by molar-refractivity contribution is 7.89. The van der Waals surface area contributed by atoms with Crippen molar-refractivity contribution in [3.63, 3.8) is 0 Å². The maximum absolute atomic E-state index is 12.9. The van der Waals surface area contributed by atoms with Crippen molar-refractivity contribution >= 4 is 39.1 Å². The van der Waals surface area contributed by atoms with Crippen LogP contribution in [0, 0.1) is 5.92 Å². The molecule has 1 fully saturated rings. The van der Waals surface area contributed by atoms with Gasteiger partial charge in [0.2, 0.25) is 15.9 Å². The second-order valence-electron chi connectivity index (χ2n) is 6.92. The van der Waals surface area contributed by atoms with Crippen LogP contribution in [-0.2, 0) is 19.6 Å². The molecule has 1 saturated heterocycles. The number of carbonyl (C=O) groups excluding carboxylic acids is 1. The SMILES string of the molecule is CC(C)C[C@H](NCC1CN(S(=O)(=O)c2ccc(Cl)cc2Cl)CCO1)C(N)=O. The number of hydrogen-bond acceptors (Lipinski definition) is 5. The van der Waals surface area contributed by atoms with Gasteiger partial charge in [0.25, 0.3) is 0 Å². The highest BCUT2D eigenvalue weighted by Crippen LogP contribution is 2.28. The molecule has 2 atom stereocenters. The highest BCUT2D eigenvalue weighted by Gasteiger charge is 2.32. The number of primary amides is 1. The van der Waals surface area contributed by atoms with Crippen molar-refractivity contribution in [3.05, 3.63) is 28.2 Å². The van der Waals surface area contributed by atoms with Gasteiger partial charge in [0.05, 0.1) is 23.8 Å². The van der Waals surface area contributed by atoms with Crippen LogP contribution in [0.25, 0.3) is 0 Å². The van der Waals surface area contributed by atoms with Crippen molar-refractivity contribution in [2.45, 2.75) is 37.3 Å². The van der Waals surface area contributed by atoms with E-state index in [0.29, 0.717) is 23.9 Å². The molecule has 1 heterocycles. The molecule has 0 aromatic heterocycles. The minimum Gasteiger partial charge on any atom is -0.374 e. The van der Waals surface area contributed by atoms with Crippen LogP contribution >= 0.6 is 23.2 Å². The third kappa shape index (κ3) is 6.04. The first-order chi connectivity index (χ1) is 12.6. The van der Waals surface area contributed by atoms with Crippen molar-refractivity contribution < 1.29 is 17.9 Å². The Morgan fingerprint density at radius 2 is 2.11 bits per heavy atom. The average molecular weight is 438 g/mol. The van der Waals surface area contributed by atoms with Gasteiger partial charge in [-0.2, -0.15) is 4.31 Å². The maximum atomic E-state index is 12.9. The maximum Gasteiger partial charge on any atom is 0.244 e. The Bertz CT molecular complexity index is 773. The first-order valence-electron chi connectivity index (χ1n) is 8.70. The number of benzene rings is 1. The van der Waals surface area contributed by atoms with Crippen LogP contribution in [0.2, 0.25) is 10.0 Å². The molecule has 152 valence electrons. The standard InChI is InChI=1S/C17H25Cl2N3O4S/c1-11(2)7-15(17(20)23)21-9-13-10-22(5-6-26-13)27(24,25)16-4-3-12(18)8-14(16)19/h3-4,8,11,13,15,21H,5-7,9-10H2,1-2H3,(H2,20,23)/t13?,15-/m0/s1. The summed E-state index contributed by atoms with van der Waals surface area (Å²) in [6.45, 7) is 4.95. The predicted octanol–water partition coefficient (Wildman–Crippen LogP) is 1.87. The number of sulfonamides is 1. The number of nitrogens with zero attached hydrogens (tertiary/aromatic N) is 1. The Hall–Kier alpha value is -0.900. The van der Waals surface area contributed by atoms with E-state index < -0.39 is 28.1 Å². The van der Waals surface area contributed by atoms with Gasteiger partial charge in [-0.25, -0.2) is 8.42 Å². The zero-order chi connectivity index (χ0) is 20.2. The number of hydrogen-bond donors (Lipinski definition) is 2. The third-order valence-electron chi connectivity index (χ3n) is 4.26. The lowest BCUT2D eigenvalue weighted by atomic mass is 10.0. The molecule has 0 saturated carbocycles. The van der Waals surface area contributed by atoms with E-state index in [1.807, 2.05) is 13.8 Å². The van der Waals surface area contributed by atoms with Gasteiger partial charge < -0.3 is 15.8 Å². The molecule has 1 aliphatic heterocycles. The minimum absolute atomic E-state index is 0.0111. The first-order valence-corrected chi connectivity index (χ1v) is 10.9. The molecule has 0 radical (unpaired) electrons. The summed E-state index contributed by atoms with van der Waals surface area (Å²) in [4.78, 5) is 11.6. The topological polar surface area (TPSA) is 102 Å². The summed E-state index contributed by atoms with van der Waals surface area (Å²) in [5, 5.41) is 3.53. The molecule has 0 bridgehead atoms. The summed E-state index contributed by atoms with van der Waals surface area (Å²) in [6, 6.07) is 3.81. The van der Waals surface area contributed by atoms with Crippen LogP contribution < -0.4 is 11.1 Å². The Morgan fingerprint density at radius 3 is 2.70 bits per heavy atom. The van der Waals surface area contributed by atoms with Gasteiger partial charge in [-0.05, 0) is 30.5 Å². The van der Waals surface area contributed by atoms with E-state index >= 15 is 0 Å². The van der Waals surface area contributed by atoms with Crippen LogP contribution in [0.3, 0.4) is 0 Å². The summed E-state index contributed by atoms with van der Waals surface area (Å²) in [7, 11) is -3.77. The summed E-state index contributed by atoms with van der Waals surface area (Å²) in [5.74, 6) is -0.136. The average Bonchev–Trinajstić information content (AvgIpc) is 2.58. The number of nitrogens with one attached hydrogen (secondary N) is 1. The van der Waals surface area contributed by atoms with Gasteiger partial charge in [0.15, 0.2) is 0 Å². The second kappa shape index (κ2) is 9.54. The molecular formula is C17H25Cl2N3O4S. The molecule has 1 amide bonds. The normalized spacial score (nSPS) is 20.0. The largest absolute Gasteiger partial charge is 0.374 e. The number of nitrogens with two attached hydrogens (primary N) is 1. The van der Waals surface area contributed by atoms with Crippen LogP contribution in [0.1, 0.15) is 20.3 Å². The predicted molar refractivity (Wildman–Crippen MR) is 105 cm³/mol. The van der Waals surface area contributed by atoms with Gasteiger partial charge in [-0.15, -0.1) is 0 Å². The lowest BCUT2D eigenvalue weighted by molar-refractivity contribution is -0.120. The summed E-state index contributed by atoms with van der Waals surface area (Å²) < 4.78 is 32.8. The van der Waals surface area contributed by atoms with Crippen molar-refractivity contribution in [3.8, 4) is 0 Å². The molecule has 10 heteroatoms. The number of halogens is 2. The number of ether oxygens (including phenoxy) is 1. The Labute approximate surface area is 170 Å². The molecular weight excluding hydrogens is 413 g/mol. The lowest BCUT2D eigenvalue weighted by Gasteiger charge is -2.33. The fraction of sp³-hybridized carbons (Fsp3) is 0.588. The summed E-state index contributed by atoms with van der Waals surface area (Å²) in [5.41, 5.74) is 5.43. The van der Waals surface area contributed by atoms with Gasteiger partial charge in [-0.3, -0.25) is 4.79 Å². The lowest BCUT2D eigenvalue weighted by Crippen LogP contribution is -2.52. The van der Waals surface area contributed by atoms with E-state index in [1.165, 1.54) is 22.5 Å². The second-order valence-corrected chi connectivity index (χ2v) is 9.67. The Balaban J connectivity index is 2.05. The van der Waals surface area contributed by atoms with E-state index in [9.17, 15) is 13.2 Å². The van der Waals surface area contributed by atoms with Crippen LogP contribution in [0.4, 0.5) is 0 Å². The van der Waals surface area contributed by atoms with Crippen molar-refractivity contribution in [1.29, 1.82) is 0 Å². The molecule has 3 N–H and O–H groups in total. The molecule has 0 spiro atoms. The van der Waals surface area contributed by atoms with Crippen LogP contribution in [-0.4, -0.2) is 57.0 Å². The van der Waals surface area contributed by atoms with Crippen LogP contribution in [0.5, 0.6) is 0 Å². The Morgan fingerprint density at radius 1 is 1.41 bits per heavy atom. The molecule has 0 aliphatic carbocycles. The van der Waals surface area contributed by atoms with Crippen molar-refractivity contribution in [2.24, 2.45) is 11.7 Å². The summed E-state index contributed by atoms with van der Waals surface area (Å²) >= 11 is 11.9. The van der Waals surface area contributed by atoms with E-state index in [2.05, 4.69) is 5.32 Å². The molecule has 1 unspecified atom stereocenters. The minimum atomic E-state index is -3.77. The highest BCUT2D eigenvalue weighted by atomic mass is 35.5. The monoisotopic (exact) mass is 437 g/mol. The van der Waals surface area contributed by atoms with Gasteiger partial charge in [0, 0.05) is 24.7 Å². The number of rotatable bonds is 8. The fourth-order valence-electron chi connectivity index (χ4n) is 2.90. The zero-order valence-electron chi connectivity index (χ0n) is 15.3.